The number of fused-ring (bicyclic) bond motifs is 1. The molecule has 2 unspecified atom stereocenters. The Kier molecular flexibility index (Phi) is 4.47. The molecule has 2 aliphatic heterocycles. The molecule has 6 heteroatoms. The molecule has 0 saturated carbocycles. The van der Waals surface area contributed by atoms with E-state index >= 15 is 0 Å². The van der Waals surface area contributed by atoms with Crippen LogP contribution in [0.2, 0.25) is 0 Å². The van der Waals surface area contributed by atoms with E-state index < -0.39 is 11.9 Å². The van der Waals surface area contributed by atoms with Gasteiger partial charge >= 0.3 is 5.97 Å². The first-order chi connectivity index (χ1) is 10.5. The lowest BCUT2D eigenvalue weighted by molar-refractivity contribution is -0.139. The Morgan fingerprint density at radius 2 is 2.09 bits per heavy atom. The third kappa shape index (κ3) is 3.16. The van der Waals surface area contributed by atoms with Crippen LogP contribution >= 0.6 is 0 Å². The van der Waals surface area contributed by atoms with Gasteiger partial charge in [-0.1, -0.05) is 0 Å². The summed E-state index contributed by atoms with van der Waals surface area (Å²) in [6.07, 6.45) is 4.87. The smallest absolute Gasteiger partial charge is 0.314 e. The van der Waals surface area contributed by atoms with Gasteiger partial charge < -0.3 is 10.0 Å². The molecule has 3 rings (SSSR count). The number of hydrogen-bond acceptors (Lipinski definition) is 4. The van der Waals surface area contributed by atoms with Crippen LogP contribution in [-0.4, -0.2) is 49.9 Å². The Morgan fingerprint density at radius 1 is 1.32 bits per heavy atom. The first-order valence-corrected chi connectivity index (χ1v) is 8.45. The molecule has 22 heavy (non-hydrogen) atoms. The standard InChI is InChI=1S/C16H26N4O2/c1-11(2)19-7-3-5-12(10-19)9-14-17-15-13(16(21)22)6-4-8-20(15)18-14/h11-13H,3-10H2,1-2H3,(H,21,22). The molecular weight excluding hydrogens is 280 g/mol. The minimum absolute atomic E-state index is 0.478. The fourth-order valence-electron chi connectivity index (χ4n) is 3.71. The normalized spacial score (nSPS) is 26.1. The van der Waals surface area contributed by atoms with E-state index in [1.165, 1.54) is 19.4 Å². The van der Waals surface area contributed by atoms with Gasteiger partial charge in [-0.05, 0) is 52.0 Å². The van der Waals surface area contributed by atoms with Crippen molar-refractivity contribution in [2.75, 3.05) is 13.1 Å². The van der Waals surface area contributed by atoms with E-state index in [1.807, 2.05) is 4.68 Å². The lowest BCUT2D eigenvalue weighted by Gasteiger charge is -2.35. The molecule has 122 valence electrons. The van der Waals surface area contributed by atoms with Gasteiger partial charge in [0.05, 0.1) is 0 Å². The van der Waals surface area contributed by atoms with Crippen LogP contribution in [-0.2, 0) is 17.8 Å². The van der Waals surface area contributed by atoms with Gasteiger partial charge in [-0.2, -0.15) is 5.10 Å². The topological polar surface area (TPSA) is 71.2 Å². The van der Waals surface area contributed by atoms with E-state index in [1.54, 1.807) is 0 Å². The van der Waals surface area contributed by atoms with Crippen LogP contribution in [0.5, 0.6) is 0 Å². The lowest BCUT2D eigenvalue weighted by Crippen LogP contribution is -2.40. The number of aryl methyl sites for hydroxylation is 1. The summed E-state index contributed by atoms with van der Waals surface area (Å²) in [6.45, 7) is 7.57. The van der Waals surface area contributed by atoms with Crippen molar-refractivity contribution in [2.45, 2.75) is 64.5 Å². The number of piperidine rings is 1. The number of nitrogens with zero attached hydrogens (tertiary/aromatic N) is 4. The van der Waals surface area contributed by atoms with Crippen LogP contribution in [0.1, 0.15) is 57.1 Å². The van der Waals surface area contributed by atoms with E-state index in [0.717, 1.165) is 31.8 Å². The van der Waals surface area contributed by atoms with Gasteiger partial charge in [-0.3, -0.25) is 4.79 Å². The molecule has 1 aromatic heterocycles. The molecule has 0 radical (unpaired) electrons. The minimum Gasteiger partial charge on any atom is -0.481 e. The van der Waals surface area contributed by atoms with Gasteiger partial charge in [0, 0.05) is 25.6 Å². The third-order valence-electron chi connectivity index (χ3n) is 4.97. The average Bonchev–Trinajstić information content (AvgIpc) is 2.89. The Hall–Kier alpha value is -1.43. The molecular formula is C16H26N4O2. The molecule has 1 fully saturated rings. The Morgan fingerprint density at radius 3 is 2.82 bits per heavy atom. The average molecular weight is 306 g/mol. The van der Waals surface area contributed by atoms with Crippen LogP contribution in [0.25, 0.3) is 0 Å². The molecule has 2 aliphatic rings. The number of aliphatic carboxylic acids is 1. The van der Waals surface area contributed by atoms with Crippen LogP contribution < -0.4 is 0 Å². The van der Waals surface area contributed by atoms with E-state index in [9.17, 15) is 9.90 Å². The van der Waals surface area contributed by atoms with Gasteiger partial charge in [0.25, 0.3) is 0 Å². The number of hydrogen-bond donors (Lipinski definition) is 1. The number of carboxylic acid groups (broad SMARTS) is 1. The minimum atomic E-state index is -0.774. The third-order valence-corrected chi connectivity index (χ3v) is 4.97. The molecule has 1 aromatic rings. The van der Waals surface area contributed by atoms with Crippen molar-refractivity contribution in [3.05, 3.63) is 11.6 Å². The number of aromatic nitrogens is 3. The predicted molar refractivity (Wildman–Crippen MR) is 82.8 cm³/mol. The summed E-state index contributed by atoms with van der Waals surface area (Å²) in [5, 5.41) is 13.9. The molecule has 3 heterocycles. The van der Waals surface area contributed by atoms with Gasteiger partial charge in [0.15, 0.2) is 5.82 Å². The molecule has 0 aliphatic carbocycles. The van der Waals surface area contributed by atoms with E-state index in [2.05, 4.69) is 28.8 Å². The number of carbonyl (C=O) groups is 1. The fraction of sp³-hybridized carbons (Fsp3) is 0.812. The van der Waals surface area contributed by atoms with Gasteiger partial charge in [0.2, 0.25) is 0 Å². The van der Waals surface area contributed by atoms with Crippen LogP contribution in [0.15, 0.2) is 0 Å². The van der Waals surface area contributed by atoms with Crippen molar-refractivity contribution in [3.8, 4) is 0 Å². The summed E-state index contributed by atoms with van der Waals surface area (Å²) in [4.78, 5) is 18.4. The summed E-state index contributed by atoms with van der Waals surface area (Å²) in [7, 11) is 0. The van der Waals surface area contributed by atoms with Crippen molar-refractivity contribution < 1.29 is 9.90 Å². The zero-order valence-electron chi connectivity index (χ0n) is 13.5. The van der Waals surface area contributed by atoms with Gasteiger partial charge in [-0.15, -0.1) is 0 Å². The second-order valence-corrected chi connectivity index (χ2v) is 6.94. The van der Waals surface area contributed by atoms with Crippen LogP contribution in [0.3, 0.4) is 0 Å². The maximum absolute atomic E-state index is 11.3. The Labute approximate surface area is 131 Å². The van der Waals surface area contributed by atoms with E-state index in [0.29, 0.717) is 24.2 Å². The molecule has 0 amide bonds. The quantitative estimate of drug-likeness (QED) is 0.920. The number of rotatable bonds is 4. The highest BCUT2D eigenvalue weighted by atomic mass is 16.4. The summed E-state index contributed by atoms with van der Waals surface area (Å²) < 4.78 is 1.82. The highest BCUT2D eigenvalue weighted by molar-refractivity contribution is 5.75. The van der Waals surface area contributed by atoms with Crippen molar-refractivity contribution in [2.24, 2.45) is 5.92 Å². The van der Waals surface area contributed by atoms with Crippen molar-refractivity contribution in [1.82, 2.24) is 19.7 Å². The highest BCUT2D eigenvalue weighted by Crippen LogP contribution is 2.27. The summed E-state index contributed by atoms with van der Waals surface area (Å²) in [6, 6.07) is 0.586. The molecule has 0 spiro atoms. The van der Waals surface area contributed by atoms with Crippen molar-refractivity contribution in [3.63, 3.8) is 0 Å². The van der Waals surface area contributed by atoms with E-state index in [-0.39, 0.29) is 0 Å². The lowest BCUT2D eigenvalue weighted by atomic mass is 9.93. The zero-order chi connectivity index (χ0) is 15.7. The molecule has 6 nitrogen and oxygen atoms in total. The number of carboxylic acids is 1. The first kappa shape index (κ1) is 15.5. The summed E-state index contributed by atoms with van der Waals surface area (Å²) in [5.74, 6) is 0.824. The molecule has 2 atom stereocenters. The van der Waals surface area contributed by atoms with Crippen LogP contribution in [0.4, 0.5) is 0 Å². The Bertz CT molecular complexity index is 540. The second kappa shape index (κ2) is 6.36. The largest absolute Gasteiger partial charge is 0.481 e. The molecule has 0 bridgehead atoms. The second-order valence-electron chi connectivity index (χ2n) is 6.94. The van der Waals surface area contributed by atoms with E-state index in [4.69, 9.17) is 0 Å². The number of likely N-dealkylation sites (tertiary alicyclic amines) is 1. The van der Waals surface area contributed by atoms with Gasteiger partial charge in [-0.25, -0.2) is 9.67 Å². The first-order valence-electron chi connectivity index (χ1n) is 8.45. The van der Waals surface area contributed by atoms with Gasteiger partial charge in [0.1, 0.15) is 11.7 Å². The maximum Gasteiger partial charge on any atom is 0.314 e. The zero-order valence-corrected chi connectivity index (χ0v) is 13.5. The molecule has 1 saturated heterocycles. The van der Waals surface area contributed by atoms with Crippen molar-refractivity contribution in [1.29, 1.82) is 0 Å². The summed E-state index contributed by atoms with van der Waals surface area (Å²) in [5.41, 5.74) is 0. The molecule has 1 N–H and O–H groups in total. The fourth-order valence-corrected chi connectivity index (χ4v) is 3.71. The molecule has 0 aromatic carbocycles. The summed E-state index contributed by atoms with van der Waals surface area (Å²) >= 11 is 0. The predicted octanol–water partition coefficient (Wildman–Crippen LogP) is 1.90. The van der Waals surface area contributed by atoms with Crippen LogP contribution in [0, 0.1) is 5.92 Å². The maximum atomic E-state index is 11.3. The monoisotopic (exact) mass is 306 g/mol. The SMILES string of the molecule is CC(C)N1CCCC(Cc2nc3n(n2)CCCC3C(=O)O)C1. The Balaban J connectivity index is 1.70. The van der Waals surface area contributed by atoms with Crippen molar-refractivity contribution >= 4 is 5.97 Å². The highest BCUT2D eigenvalue weighted by Gasteiger charge is 2.31.